The second-order valence-corrected chi connectivity index (χ2v) is 6.35. The monoisotopic (exact) mass is 377 g/mol. The molecule has 0 aliphatic rings. The van der Waals surface area contributed by atoms with Gasteiger partial charge >= 0.3 is 0 Å². The van der Waals surface area contributed by atoms with E-state index in [4.69, 9.17) is 34.4 Å². The maximum absolute atomic E-state index is 9.59. The van der Waals surface area contributed by atoms with Crippen LogP contribution in [0, 0.1) is 23.7 Å². The van der Waals surface area contributed by atoms with Crippen molar-refractivity contribution in [3.8, 4) is 24.2 Å². The quantitative estimate of drug-likeness (QED) is 0.307. The van der Waals surface area contributed by atoms with Crippen LogP contribution in [0.5, 0.6) is 5.75 Å². The van der Waals surface area contributed by atoms with Crippen LogP contribution in [-0.2, 0) is 0 Å². The van der Waals surface area contributed by atoms with Crippen molar-refractivity contribution in [1.29, 1.82) is 5.26 Å². The molecule has 126 valence electrons. The lowest BCUT2D eigenvalue weighted by molar-refractivity contribution is 0.371. The molecule has 3 rings (SSSR count). The molecule has 0 spiro atoms. The molecule has 0 aliphatic carbocycles. The summed E-state index contributed by atoms with van der Waals surface area (Å²) in [6.07, 6.45) is 6.93. The van der Waals surface area contributed by atoms with Crippen LogP contribution in [-0.4, -0.2) is 6.61 Å². The van der Waals surface area contributed by atoms with E-state index in [-0.39, 0.29) is 6.61 Å². The van der Waals surface area contributed by atoms with Crippen LogP contribution in [0.1, 0.15) is 11.1 Å². The summed E-state index contributed by atoms with van der Waals surface area (Å²) in [7, 11) is 0. The molecule has 3 aromatic rings. The number of hydrogen-bond acceptors (Lipinski definition) is 2. The van der Waals surface area contributed by atoms with Crippen molar-refractivity contribution in [3.05, 3.63) is 75.8 Å². The Hall–Kier alpha value is -2.91. The SMILES string of the molecule is C#CCOc1c(Cl)cc(/C=C(/C#N)c2ccc3ccccc3c2)cc1Cl. The summed E-state index contributed by atoms with van der Waals surface area (Å²) < 4.78 is 5.35. The van der Waals surface area contributed by atoms with Crippen LogP contribution in [0.25, 0.3) is 22.4 Å². The van der Waals surface area contributed by atoms with E-state index in [1.165, 1.54) is 0 Å². The molecule has 4 heteroatoms. The fourth-order valence-electron chi connectivity index (χ4n) is 2.62. The number of ether oxygens (including phenoxy) is 1. The van der Waals surface area contributed by atoms with E-state index in [2.05, 4.69) is 12.0 Å². The Morgan fingerprint density at radius 1 is 1.04 bits per heavy atom. The first-order valence-corrected chi connectivity index (χ1v) is 8.54. The number of halogens is 2. The molecule has 0 saturated carbocycles. The zero-order valence-corrected chi connectivity index (χ0v) is 15.2. The molecule has 3 aromatic carbocycles. The number of hydrogen-bond donors (Lipinski definition) is 0. The van der Waals surface area contributed by atoms with Crippen molar-refractivity contribution >= 4 is 45.6 Å². The molecule has 0 atom stereocenters. The van der Waals surface area contributed by atoms with E-state index in [0.29, 0.717) is 26.9 Å². The maximum atomic E-state index is 9.59. The van der Waals surface area contributed by atoms with Gasteiger partial charge in [0, 0.05) is 0 Å². The minimum absolute atomic E-state index is 0.0785. The van der Waals surface area contributed by atoms with Gasteiger partial charge in [-0.1, -0.05) is 65.5 Å². The average molecular weight is 378 g/mol. The van der Waals surface area contributed by atoms with Gasteiger partial charge in [-0.2, -0.15) is 5.26 Å². The highest BCUT2D eigenvalue weighted by atomic mass is 35.5. The number of fused-ring (bicyclic) bond motifs is 1. The first-order valence-electron chi connectivity index (χ1n) is 7.78. The third-order valence-corrected chi connectivity index (χ3v) is 4.37. The van der Waals surface area contributed by atoms with Gasteiger partial charge in [0.05, 0.1) is 21.7 Å². The molecule has 0 N–H and O–H groups in total. The lowest BCUT2D eigenvalue weighted by Crippen LogP contribution is -1.95. The average Bonchev–Trinajstić information content (AvgIpc) is 2.65. The molecular weight excluding hydrogens is 365 g/mol. The second-order valence-electron chi connectivity index (χ2n) is 5.54. The van der Waals surface area contributed by atoms with E-state index in [9.17, 15) is 5.26 Å². The molecule has 0 saturated heterocycles. The third kappa shape index (κ3) is 3.84. The Morgan fingerprint density at radius 2 is 1.73 bits per heavy atom. The van der Waals surface area contributed by atoms with Crippen LogP contribution in [0.4, 0.5) is 0 Å². The first kappa shape index (κ1) is 17.9. The van der Waals surface area contributed by atoms with Gasteiger partial charge in [-0.3, -0.25) is 0 Å². The first-order chi connectivity index (χ1) is 12.6. The predicted octanol–water partition coefficient (Wildman–Crippen LogP) is 6.22. The van der Waals surface area contributed by atoms with Gasteiger partial charge in [-0.15, -0.1) is 6.42 Å². The number of nitrogens with zero attached hydrogens (tertiary/aromatic N) is 1. The van der Waals surface area contributed by atoms with Gasteiger partial charge in [-0.05, 0) is 46.2 Å². The number of terminal acetylenes is 1. The van der Waals surface area contributed by atoms with Gasteiger partial charge in [0.1, 0.15) is 6.61 Å². The van der Waals surface area contributed by atoms with Crippen LogP contribution in [0.15, 0.2) is 54.6 Å². The van der Waals surface area contributed by atoms with Gasteiger partial charge in [0.15, 0.2) is 5.75 Å². The van der Waals surface area contributed by atoms with Gasteiger partial charge < -0.3 is 4.74 Å². The number of rotatable bonds is 4. The summed E-state index contributed by atoms with van der Waals surface area (Å²) in [5.41, 5.74) is 2.05. The summed E-state index contributed by atoms with van der Waals surface area (Å²) in [5.74, 6) is 2.71. The van der Waals surface area contributed by atoms with E-state index in [1.807, 2.05) is 42.5 Å². The Bertz CT molecular complexity index is 1060. The summed E-state index contributed by atoms with van der Waals surface area (Å²) in [6, 6.07) is 19.5. The fourth-order valence-corrected chi connectivity index (χ4v) is 3.23. The molecular formula is C22H13Cl2NO. The van der Waals surface area contributed by atoms with Gasteiger partial charge in [0.25, 0.3) is 0 Å². The highest BCUT2D eigenvalue weighted by molar-refractivity contribution is 6.37. The van der Waals surface area contributed by atoms with Crippen molar-refractivity contribution in [2.75, 3.05) is 6.61 Å². The Balaban J connectivity index is 2.01. The molecule has 0 amide bonds. The lowest BCUT2D eigenvalue weighted by atomic mass is 10.00. The molecule has 26 heavy (non-hydrogen) atoms. The van der Waals surface area contributed by atoms with E-state index in [0.717, 1.165) is 16.3 Å². The molecule has 0 bridgehead atoms. The smallest absolute Gasteiger partial charge is 0.157 e. The third-order valence-electron chi connectivity index (χ3n) is 3.81. The topological polar surface area (TPSA) is 33.0 Å². The largest absolute Gasteiger partial charge is 0.478 e. The Kier molecular flexibility index (Phi) is 5.49. The standard InChI is InChI=1S/C22H13Cl2NO/c1-2-9-26-22-20(23)11-15(12-21(22)24)10-19(14-25)18-8-7-16-5-3-4-6-17(16)13-18/h1,3-8,10-13H,9H2/b19-10-. The van der Waals surface area contributed by atoms with Crippen molar-refractivity contribution in [3.63, 3.8) is 0 Å². The number of nitriles is 1. The van der Waals surface area contributed by atoms with Crippen LogP contribution in [0.2, 0.25) is 10.0 Å². The zero-order valence-electron chi connectivity index (χ0n) is 13.7. The minimum Gasteiger partial charge on any atom is -0.478 e. The summed E-state index contributed by atoms with van der Waals surface area (Å²) >= 11 is 12.5. The molecule has 0 aromatic heterocycles. The summed E-state index contributed by atoms with van der Waals surface area (Å²) in [4.78, 5) is 0. The summed E-state index contributed by atoms with van der Waals surface area (Å²) in [5, 5.41) is 12.5. The van der Waals surface area contributed by atoms with Gasteiger partial charge in [-0.25, -0.2) is 0 Å². The highest BCUT2D eigenvalue weighted by Crippen LogP contribution is 2.35. The Morgan fingerprint density at radius 3 is 2.38 bits per heavy atom. The van der Waals surface area contributed by atoms with E-state index >= 15 is 0 Å². The van der Waals surface area contributed by atoms with Crippen molar-refractivity contribution < 1.29 is 4.74 Å². The second kappa shape index (κ2) is 7.98. The van der Waals surface area contributed by atoms with E-state index in [1.54, 1.807) is 18.2 Å². The number of benzene rings is 3. The van der Waals surface area contributed by atoms with Crippen molar-refractivity contribution in [1.82, 2.24) is 0 Å². The van der Waals surface area contributed by atoms with E-state index < -0.39 is 0 Å². The Labute approximate surface area is 162 Å². The minimum atomic E-state index is 0.0785. The normalized spacial score (nSPS) is 11.0. The van der Waals surface area contributed by atoms with Crippen LogP contribution < -0.4 is 4.74 Å². The molecule has 0 aliphatic heterocycles. The number of allylic oxidation sites excluding steroid dienone is 1. The molecule has 2 nitrogen and oxygen atoms in total. The predicted molar refractivity (Wildman–Crippen MR) is 108 cm³/mol. The zero-order chi connectivity index (χ0) is 18.5. The molecule has 0 heterocycles. The molecule has 0 radical (unpaired) electrons. The fraction of sp³-hybridized carbons (Fsp3) is 0.0455. The van der Waals surface area contributed by atoms with Crippen LogP contribution in [0.3, 0.4) is 0 Å². The summed E-state index contributed by atoms with van der Waals surface area (Å²) in [6.45, 7) is 0.0785. The molecule has 0 fully saturated rings. The maximum Gasteiger partial charge on any atom is 0.157 e. The van der Waals surface area contributed by atoms with Crippen molar-refractivity contribution in [2.45, 2.75) is 0 Å². The highest BCUT2D eigenvalue weighted by Gasteiger charge is 2.10. The van der Waals surface area contributed by atoms with Crippen LogP contribution >= 0.6 is 23.2 Å². The lowest BCUT2D eigenvalue weighted by Gasteiger charge is -2.09. The van der Waals surface area contributed by atoms with Gasteiger partial charge in [0.2, 0.25) is 0 Å². The molecule has 0 unspecified atom stereocenters. The van der Waals surface area contributed by atoms with Crippen molar-refractivity contribution in [2.24, 2.45) is 0 Å².